The maximum absolute atomic E-state index is 12.0. The van der Waals surface area contributed by atoms with Crippen molar-refractivity contribution in [3.63, 3.8) is 0 Å². The van der Waals surface area contributed by atoms with Crippen LogP contribution in [-0.2, 0) is 17.8 Å². The molecule has 0 atom stereocenters. The summed E-state index contributed by atoms with van der Waals surface area (Å²) in [6.45, 7) is 5.51. The number of esters is 1. The highest BCUT2D eigenvalue weighted by Crippen LogP contribution is 2.22. The van der Waals surface area contributed by atoms with Crippen LogP contribution in [0.4, 0.5) is 5.69 Å². The molecular weight excluding hydrogens is 540 g/mol. The summed E-state index contributed by atoms with van der Waals surface area (Å²) in [4.78, 5) is 16.8. The number of nitrogens with zero attached hydrogens (tertiary/aromatic N) is 3. The van der Waals surface area contributed by atoms with Crippen molar-refractivity contribution in [3.05, 3.63) is 88.7 Å². The van der Waals surface area contributed by atoms with E-state index in [4.69, 9.17) is 28.6 Å². The summed E-state index contributed by atoms with van der Waals surface area (Å²) in [5, 5.41) is 4.81. The highest BCUT2D eigenvalue weighted by Gasteiger charge is 2.19. The number of anilines is 1. The molecule has 6 nitrogen and oxygen atoms in total. The molecule has 0 unspecified atom stereocenters. The summed E-state index contributed by atoms with van der Waals surface area (Å²) in [5.74, 6) is -0.318. The maximum Gasteiger partial charge on any atom is 0.338 e. The Balaban J connectivity index is 1.43. The zero-order valence-electron chi connectivity index (χ0n) is 23.7. The van der Waals surface area contributed by atoms with Gasteiger partial charge in [0.25, 0.3) is 0 Å². The third-order valence-corrected chi connectivity index (χ3v) is 8.23. The molecule has 1 saturated carbocycles. The number of carbonyl (C=O) groups excluding carboxylic acids is 1. The minimum absolute atomic E-state index is 0.318. The molecule has 4 rings (SSSR count). The number of hydrogen-bond donors (Lipinski definition) is 1. The molecule has 214 valence electrons. The third kappa shape index (κ3) is 8.82. The average molecular weight is 581 g/mol. The van der Waals surface area contributed by atoms with Crippen LogP contribution in [0, 0.1) is 0 Å². The number of benzene rings is 2. The van der Waals surface area contributed by atoms with E-state index < -0.39 is 0 Å². The number of ether oxygens (including phenoxy) is 1. The summed E-state index contributed by atoms with van der Waals surface area (Å²) in [5.41, 5.74) is 3.77. The molecule has 0 bridgehead atoms. The lowest BCUT2D eigenvalue weighted by Crippen LogP contribution is -2.39. The fraction of sp³-hybridized carbons (Fsp3) is 0.438. The molecule has 1 heterocycles. The number of aromatic nitrogens is 1. The zero-order valence-corrected chi connectivity index (χ0v) is 25.2. The van der Waals surface area contributed by atoms with E-state index in [9.17, 15) is 4.79 Å². The Bertz CT molecular complexity index is 1220. The van der Waals surface area contributed by atoms with Crippen LogP contribution in [0.15, 0.2) is 66.9 Å². The molecule has 0 saturated heterocycles. The van der Waals surface area contributed by atoms with Gasteiger partial charge in [-0.2, -0.15) is 0 Å². The molecule has 3 aromatic rings. The molecule has 1 aliphatic carbocycles. The van der Waals surface area contributed by atoms with Gasteiger partial charge in [-0.15, -0.1) is 0 Å². The number of rotatable bonds is 12. The molecule has 1 aliphatic rings. The van der Waals surface area contributed by atoms with Crippen molar-refractivity contribution in [3.8, 4) is 0 Å². The van der Waals surface area contributed by atoms with E-state index >= 15 is 0 Å². The van der Waals surface area contributed by atoms with Gasteiger partial charge in [-0.25, -0.2) is 4.79 Å². The molecule has 40 heavy (non-hydrogen) atoms. The summed E-state index contributed by atoms with van der Waals surface area (Å²) in [6, 6.07) is 20.2. The lowest BCUT2D eigenvalue weighted by Gasteiger charge is -2.32. The first-order valence-electron chi connectivity index (χ1n) is 14.3. The van der Waals surface area contributed by atoms with Gasteiger partial charge in [-0.05, 0) is 106 Å². The summed E-state index contributed by atoms with van der Waals surface area (Å²) < 4.78 is 7.37. The van der Waals surface area contributed by atoms with Gasteiger partial charge < -0.3 is 24.4 Å². The molecule has 1 N–H and O–H groups in total. The molecule has 8 heteroatoms. The Labute approximate surface area is 249 Å². The maximum atomic E-state index is 12.0. The van der Waals surface area contributed by atoms with Crippen LogP contribution in [0.1, 0.15) is 67.1 Å². The van der Waals surface area contributed by atoms with Crippen molar-refractivity contribution < 1.29 is 9.53 Å². The fourth-order valence-electron chi connectivity index (χ4n) is 5.30. The van der Waals surface area contributed by atoms with Crippen LogP contribution in [0.2, 0.25) is 5.02 Å². The normalized spacial score (nSPS) is 13.8. The molecule has 0 amide bonds. The van der Waals surface area contributed by atoms with E-state index in [0.717, 1.165) is 36.8 Å². The number of carbonyl (C=O) groups is 1. The topological polar surface area (TPSA) is 49.7 Å². The van der Waals surface area contributed by atoms with Gasteiger partial charge in [0.2, 0.25) is 0 Å². The van der Waals surface area contributed by atoms with E-state index in [1.54, 1.807) is 19.1 Å². The highest BCUT2D eigenvalue weighted by atomic mass is 35.5. The van der Waals surface area contributed by atoms with Crippen molar-refractivity contribution >= 4 is 40.6 Å². The Kier molecular flexibility index (Phi) is 11.5. The molecule has 0 spiro atoms. The van der Waals surface area contributed by atoms with Gasteiger partial charge in [0.1, 0.15) is 0 Å². The average Bonchev–Trinajstić information content (AvgIpc) is 3.40. The smallest absolute Gasteiger partial charge is 0.338 e. The van der Waals surface area contributed by atoms with Crippen molar-refractivity contribution in [1.29, 1.82) is 0 Å². The van der Waals surface area contributed by atoms with E-state index in [2.05, 4.69) is 57.2 Å². The minimum atomic E-state index is -0.318. The second-order valence-corrected chi connectivity index (χ2v) is 11.4. The lowest BCUT2D eigenvalue weighted by molar-refractivity contribution is 0.0526. The largest absolute Gasteiger partial charge is 0.462 e. The second-order valence-electron chi connectivity index (χ2n) is 10.5. The summed E-state index contributed by atoms with van der Waals surface area (Å²) >= 11 is 12.0. The van der Waals surface area contributed by atoms with Crippen molar-refractivity contribution in [2.45, 2.75) is 64.6 Å². The first-order valence-corrected chi connectivity index (χ1v) is 15.1. The van der Waals surface area contributed by atoms with Crippen LogP contribution >= 0.6 is 23.8 Å². The van der Waals surface area contributed by atoms with Gasteiger partial charge in [0, 0.05) is 41.7 Å². The SMILES string of the molecule is CCOC(=O)c1ccc(NC(=S)N(CCCN(C)C2CCCCC2)Cc2cccn2Cc2ccc(Cl)cc2)cc1. The first-order chi connectivity index (χ1) is 19.4. The Morgan fingerprint density at radius 2 is 1.77 bits per heavy atom. The molecule has 0 aliphatic heterocycles. The predicted molar refractivity (Wildman–Crippen MR) is 168 cm³/mol. The molecular formula is C32H41ClN4O2S. The summed E-state index contributed by atoms with van der Waals surface area (Å²) in [7, 11) is 2.26. The Morgan fingerprint density at radius 1 is 1.05 bits per heavy atom. The highest BCUT2D eigenvalue weighted by molar-refractivity contribution is 7.80. The van der Waals surface area contributed by atoms with Crippen molar-refractivity contribution in [2.24, 2.45) is 0 Å². The molecule has 1 aromatic heterocycles. The second kappa shape index (κ2) is 15.2. The molecule has 0 radical (unpaired) electrons. The van der Waals surface area contributed by atoms with E-state index in [1.807, 2.05) is 24.3 Å². The van der Waals surface area contributed by atoms with Gasteiger partial charge >= 0.3 is 5.97 Å². The monoisotopic (exact) mass is 580 g/mol. The van der Waals surface area contributed by atoms with Crippen LogP contribution in [0.5, 0.6) is 0 Å². The van der Waals surface area contributed by atoms with Gasteiger partial charge in [-0.3, -0.25) is 0 Å². The van der Waals surface area contributed by atoms with Crippen LogP contribution < -0.4 is 5.32 Å². The lowest BCUT2D eigenvalue weighted by atomic mass is 9.94. The van der Waals surface area contributed by atoms with E-state index in [1.165, 1.54) is 43.4 Å². The van der Waals surface area contributed by atoms with Gasteiger partial charge in [0.15, 0.2) is 5.11 Å². The van der Waals surface area contributed by atoms with Gasteiger partial charge in [0.05, 0.1) is 18.7 Å². The minimum Gasteiger partial charge on any atom is -0.462 e. The standard InChI is InChI=1S/C32H41ClN4O2S/c1-3-39-31(38)26-14-18-28(19-15-26)34-32(40)37(22-8-20-35(2)29-9-5-4-6-10-29)24-30-11-7-21-36(30)23-25-12-16-27(33)17-13-25/h7,11-19,21,29H,3-6,8-10,20,22-24H2,1-2H3,(H,34,40). The predicted octanol–water partition coefficient (Wildman–Crippen LogP) is 7.22. The van der Waals surface area contributed by atoms with Gasteiger partial charge in [-0.1, -0.05) is 43.0 Å². The van der Waals surface area contributed by atoms with Crippen LogP contribution in [0.3, 0.4) is 0 Å². The van der Waals surface area contributed by atoms with E-state index in [-0.39, 0.29) is 5.97 Å². The number of halogens is 1. The van der Waals surface area contributed by atoms with Crippen LogP contribution in [-0.4, -0.2) is 58.2 Å². The quantitative estimate of drug-likeness (QED) is 0.180. The number of nitrogens with one attached hydrogen (secondary N) is 1. The third-order valence-electron chi connectivity index (χ3n) is 7.61. The number of thiocarbonyl (C=S) groups is 1. The first kappa shape index (κ1) is 30.1. The van der Waals surface area contributed by atoms with Crippen molar-refractivity contribution in [1.82, 2.24) is 14.4 Å². The summed E-state index contributed by atoms with van der Waals surface area (Å²) in [6.07, 6.45) is 9.80. The zero-order chi connectivity index (χ0) is 28.3. The molecule has 1 fully saturated rings. The Hall–Kier alpha value is -2.87. The molecule has 2 aromatic carbocycles. The van der Waals surface area contributed by atoms with Crippen LogP contribution in [0.25, 0.3) is 0 Å². The number of hydrogen-bond acceptors (Lipinski definition) is 4. The van der Waals surface area contributed by atoms with Crippen molar-refractivity contribution in [2.75, 3.05) is 32.1 Å². The Morgan fingerprint density at radius 3 is 2.48 bits per heavy atom. The van der Waals surface area contributed by atoms with E-state index in [0.29, 0.717) is 29.9 Å². The fourth-order valence-corrected chi connectivity index (χ4v) is 5.70.